The maximum absolute atomic E-state index is 12.4. The van der Waals surface area contributed by atoms with Crippen molar-refractivity contribution in [3.05, 3.63) is 35.4 Å². The van der Waals surface area contributed by atoms with E-state index in [1.807, 2.05) is 4.90 Å². The van der Waals surface area contributed by atoms with Gasteiger partial charge in [-0.05, 0) is 31.4 Å². The van der Waals surface area contributed by atoms with Gasteiger partial charge in [0, 0.05) is 32.2 Å². The van der Waals surface area contributed by atoms with Crippen LogP contribution < -0.4 is 5.73 Å². The van der Waals surface area contributed by atoms with Crippen LogP contribution in [0.25, 0.3) is 0 Å². The van der Waals surface area contributed by atoms with E-state index in [0.717, 1.165) is 13.0 Å². The number of likely N-dealkylation sites (tertiary alicyclic amines) is 1. The fraction of sp³-hybridized carbons (Fsp3) is 0.588. The topological polar surface area (TPSA) is 55.6 Å². The molecule has 4 heteroatoms. The van der Waals surface area contributed by atoms with Gasteiger partial charge in [0.1, 0.15) is 0 Å². The molecule has 0 aromatic heterocycles. The Kier molecular flexibility index (Phi) is 5.37. The van der Waals surface area contributed by atoms with Gasteiger partial charge in [0.05, 0.1) is 12.5 Å². The number of hydrogen-bond donors (Lipinski definition) is 1. The Labute approximate surface area is 127 Å². The second-order valence-electron chi connectivity index (χ2n) is 5.98. The third-order valence-corrected chi connectivity index (χ3v) is 4.52. The van der Waals surface area contributed by atoms with Crippen LogP contribution in [0.5, 0.6) is 0 Å². The highest BCUT2D eigenvalue weighted by atomic mass is 16.5. The molecule has 1 aromatic carbocycles. The summed E-state index contributed by atoms with van der Waals surface area (Å²) in [5, 5.41) is 0. The molecule has 1 aromatic rings. The summed E-state index contributed by atoms with van der Waals surface area (Å²) in [6, 6.07) is 8.73. The fourth-order valence-electron chi connectivity index (χ4n) is 3.22. The number of carbonyl (C=O) groups excluding carboxylic acids is 1. The number of amides is 1. The van der Waals surface area contributed by atoms with E-state index in [9.17, 15) is 4.79 Å². The van der Waals surface area contributed by atoms with Crippen molar-refractivity contribution in [3.63, 3.8) is 0 Å². The van der Waals surface area contributed by atoms with Gasteiger partial charge in [-0.15, -0.1) is 0 Å². The number of hydrogen-bond acceptors (Lipinski definition) is 3. The summed E-state index contributed by atoms with van der Waals surface area (Å²) in [7, 11) is 1.61. The standard InChI is InChI=1S/C17H26N2O2/c1-12-6-4-5-7-16(12)14-8-13(2)19(11-14)17(20)9-15(10-18)21-3/h4-7,13-15H,8-11,18H2,1-3H3. The zero-order valence-electron chi connectivity index (χ0n) is 13.2. The first-order chi connectivity index (χ1) is 10.1. The molecule has 1 aliphatic rings. The minimum atomic E-state index is -0.179. The van der Waals surface area contributed by atoms with Crippen LogP contribution in [0.2, 0.25) is 0 Å². The molecule has 4 nitrogen and oxygen atoms in total. The van der Waals surface area contributed by atoms with Crippen LogP contribution in [0.3, 0.4) is 0 Å². The fourth-order valence-corrected chi connectivity index (χ4v) is 3.22. The van der Waals surface area contributed by atoms with E-state index < -0.39 is 0 Å². The lowest BCUT2D eigenvalue weighted by Gasteiger charge is -2.23. The van der Waals surface area contributed by atoms with Crippen LogP contribution in [-0.2, 0) is 9.53 Å². The average molecular weight is 290 g/mol. The third-order valence-electron chi connectivity index (χ3n) is 4.52. The summed E-state index contributed by atoms with van der Waals surface area (Å²) in [5.41, 5.74) is 8.28. The zero-order chi connectivity index (χ0) is 15.4. The van der Waals surface area contributed by atoms with Crippen molar-refractivity contribution < 1.29 is 9.53 Å². The van der Waals surface area contributed by atoms with Gasteiger partial charge in [0.25, 0.3) is 0 Å². The van der Waals surface area contributed by atoms with Crippen LogP contribution in [0.1, 0.15) is 36.8 Å². The second kappa shape index (κ2) is 7.05. The summed E-state index contributed by atoms with van der Waals surface area (Å²) in [6.45, 7) is 5.44. The molecule has 1 fully saturated rings. The maximum Gasteiger partial charge on any atom is 0.225 e. The van der Waals surface area contributed by atoms with E-state index in [1.165, 1.54) is 11.1 Å². The summed E-state index contributed by atoms with van der Waals surface area (Å²) in [5.74, 6) is 0.583. The number of nitrogens with two attached hydrogens (primary N) is 1. The first-order valence-corrected chi connectivity index (χ1v) is 7.64. The summed E-state index contributed by atoms with van der Waals surface area (Å²) < 4.78 is 5.22. The SMILES string of the molecule is COC(CN)CC(=O)N1CC(c2ccccc2C)CC1C. The molecule has 0 bridgehead atoms. The average Bonchev–Trinajstić information content (AvgIpc) is 2.87. The molecule has 1 saturated heterocycles. The van der Waals surface area contributed by atoms with Crippen molar-refractivity contribution in [2.24, 2.45) is 5.73 Å². The Hall–Kier alpha value is -1.39. The first-order valence-electron chi connectivity index (χ1n) is 7.64. The van der Waals surface area contributed by atoms with Crippen molar-refractivity contribution in [2.75, 3.05) is 20.2 Å². The van der Waals surface area contributed by atoms with E-state index in [-0.39, 0.29) is 18.1 Å². The maximum atomic E-state index is 12.4. The summed E-state index contributed by atoms with van der Waals surface area (Å²) in [4.78, 5) is 14.4. The normalized spacial score (nSPS) is 23.3. The van der Waals surface area contributed by atoms with Crippen molar-refractivity contribution in [1.29, 1.82) is 0 Å². The van der Waals surface area contributed by atoms with Crippen LogP contribution in [0.15, 0.2) is 24.3 Å². The largest absolute Gasteiger partial charge is 0.380 e. The number of aryl methyl sites for hydroxylation is 1. The van der Waals surface area contributed by atoms with Crippen molar-refractivity contribution in [2.45, 2.75) is 44.8 Å². The Morgan fingerprint density at radius 1 is 1.48 bits per heavy atom. The summed E-state index contributed by atoms with van der Waals surface area (Å²) >= 11 is 0. The van der Waals surface area contributed by atoms with Crippen LogP contribution >= 0.6 is 0 Å². The van der Waals surface area contributed by atoms with Gasteiger partial charge in [-0.3, -0.25) is 4.79 Å². The molecule has 3 atom stereocenters. The molecule has 2 N–H and O–H groups in total. The van der Waals surface area contributed by atoms with Gasteiger partial charge in [0.15, 0.2) is 0 Å². The lowest BCUT2D eigenvalue weighted by molar-refractivity contribution is -0.134. The monoisotopic (exact) mass is 290 g/mol. The quantitative estimate of drug-likeness (QED) is 0.903. The lowest BCUT2D eigenvalue weighted by atomic mass is 9.93. The Balaban J connectivity index is 2.04. The van der Waals surface area contributed by atoms with E-state index in [1.54, 1.807) is 7.11 Å². The van der Waals surface area contributed by atoms with Gasteiger partial charge in [-0.25, -0.2) is 0 Å². The highest BCUT2D eigenvalue weighted by Gasteiger charge is 2.34. The van der Waals surface area contributed by atoms with Crippen LogP contribution in [0.4, 0.5) is 0 Å². The molecule has 1 aliphatic heterocycles. The molecular formula is C17H26N2O2. The number of rotatable bonds is 5. The third kappa shape index (κ3) is 3.63. The molecular weight excluding hydrogens is 264 g/mol. The highest BCUT2D eigenvalue weighted by Crippen LogP contribution is 2.33. The minimum Gasteiger partial charge on any atom is -0.380 e. The number of nitrogens with zero attached hydrogens (tertiary/aromatic N) is 1. The number of ether oxygens (including phenoxy) is 1. The highest BCUT2D eigenvalue weighted by molar-refractivity contribution is 5.77. The predicted octanol–water partition coefficient (Wildman–Crippen LogP) is 2.06. The minimum absolute atomic E-state index is 0.149. The van der Waals surface area contributed by atoms with E-state index >= 15 is 0 Å². The number of carbonyl (C=O) groups is 1. The second-order valence-corrected chi connectivity index (χ2v) is 5.98. The van der Waals surface area contributed by atoms with Gasteiger partial charge in [0.2, 0.25) is 5.91 Å². The molecule has 21 heavy (non-hydrogen) atoms. The first kappa shape index (κ1) is 16.0. The predicted molar refractivity (Wildman–Crippen MR) is 84.2 cm³/mol. The van der Waals surface area contributed by atoms with Gasteiger partial charge in [-0.1, -0.05) is 24.3 Å². The summed E-state index contributed by atoms with van der Waals surface area (Å²) in [6.07, 6.45) is 1.22. The number of methoxy groups -OCH3 is 1. The van der Waals surface area contributed by atoms with Crippen molar-refractivity contribution >= 4 is 5.91 Å². The molecule has 0 aliphatic carbocycles. The van der Waals surface area contributed by atoms with Gasteiger partial charge >= 0.3 is 0 Å². The smallest absolute Gasteiger partial charge is 0.225 e. The Bertz CT molecular complexity index is 485. The molecule has 1 heterocycles. The molecule has 2 rings (SSSR count). The molecule has 1 amide bonds. The molecule has 3 unspecified atom stereocenters. The van der Waals surface area contributed by atoms with Crippen molar-refractivity contribution in [1.82, 2.24) is 4.90 Å². The van der Waals surface area contributed by atoms with E-state index in [0.29, 0.717) is 18.9 Å². The number of benzene rings is 1. The molecule has 0 spiro atoms. The van der Waals surface area contributed by atoms with Gasteiger partial charge in [-0.2, -0.15) is 0 Å². The molecule has 0 saturated carbocycles. The lowest BCUT2D eigenvalue weighted by Crippen LogP contribution is -2.38. The Morgan fingerprint density at radius 3 is 2.81 bits per heavy atom. The van der Waals surface area contributed by atoms with E-state index in [4.69, 9.17) is 10.5 Å². The van der Waals surface area contributed by atoms with Crippen molar-refractivity contribution in [3.8, 4) is 0 Å². The zero-order valence-corrected chi connectivity index (χ0v) is 13.2. The van der Waals surface area contributed by atoms with Gasteiger partial charge < -0.3 is 15.4 Å². The van der Waals surface area contributed by atoms with Crippen LogP contribution in [-0.4, -0.2) is 43.2 Å². The van der Waals surface area contributed by atoms with E-state index in [2.05, 4.69) is 38.1 Å². The Morgan fingerprint density at radius 2 is 2.19 bits per heavy atom. The molecule has 0 radical (unpaired) electrons. The molecule has 116 valence electrons. The van der Waals surface area contributed by atoms with Crippen LogP contribution in [0, 0.1) is 6.92 Å².